The van der Waals surface area contributed by atoms with Crippen LogP contribution < -0.4 is 10.2 Å². The van der Waals surface area contributed by atoms with E-state index in [2.05, 4.69) is 0 Å². The largest absolute Gasteiger partial charge is 0.498 e. The number of aliphatic hydroxyl groups is 1. The Morgan fingerprint density at radius 3 is 2.36 bits per heavy atom. The van der Waals surface area contributed by atoms with E-state index in [1.165, 1.54) is 0 Å². The van der Waals surface area contributed by atoms with Gasteiger partial charge in [0, 0.05) is 17.4 Å². The summed E-state index contributed by atoms with van der Waals surface area (Å²) >= 11 is 0. The van der Waals surface area contributed by atoms with Crippen molar-refractivity contribution < 1.29 is 23.9 Å². The van der Waals surface area contributed by atoms with Gasteiger partial charge in [0.2, 0.25) is 0 Å². The quantitative estimate of drug-likeness (QED) is 0.511. The van der Waals surface area contributed by atoms with Crippen molar-refractivity contribution in [3.05, 3.63) is 23.8 Å². The number of carbonyl (C=O) groups is 1. The highest BCUT2D eigenvalue weighted by Gasteiger charge is 2.52. The number of aliphatic hydroxyl groups excluding tert-OH is 1. The monoisotopic (exact) mass is 306 g/mol. The predicted octanol–water partition coefficient (Wildman–Crippen LogP) is 1.91. The van der Waals surface area contributed by atoms with Gasteiger partial charge in [-0.05, 0) is 33.8 Å². The van der Waals surface area contributed by atoms with Gasteiger partial charge >= 0.3 is 7.12 Å². The predicted molar refractivity (Wildman–Crippen MR) is 84.5 cm³/mol. The van der Waals surface area contributed by atoms with E-state index >= 15 is 0 Å². The van der Waals surface area contributed by atoms with E-state index < -0.39 is 24.6 Å². The van der Waals surface area contributed by atoms with Crippen LogP contribution in [-0.2, 0) is 9.31 Å². The standard InChI is InChI=1S/C16H23BO5/c1-6-14(19)20-13-9-11(10-18)7-8-12(13)17-21-15(2,3)16(4,5)22-17/h7-10,14,19H,6H2,1-5H3. The average Bonchev–Trinajstić information content (AvgIpc) is 2.66. The Morgan fingerprint density at radius 1 is 1.27 bits per heavy atom. The Morgan fingerprint density at radius 2 is 1.86 bits per heavy atom. The van der Waals surface area contributed by atoms with Crippen LogP contribution in [0.15, 0.2) is 18.2 Å². The van der Waals surface area contributed by atoms with E-state index in [0.717, 1.165) is 6.29 Å². The lowest BCUT2D eigenvalue weighted by molar-refractivity contribution is -0.0185. The molecule has 2 rings (SSSR count). The molecule has 1 heterocycles. The van der Waals surface area contributed by atoms with Crippen LogP contribution in [0, 0.1) is 0 Å². The van der Waals surface area contributed by atoms with Gasteiger partial charge in [-0.1, -0.05) is 19.1 Å². The van der Waals surface area contributed by atoms with Gasteiger partial charge in [-0.25, -0.2) is 0 Å². The first-order valence-electron chi connectivity index (χ1n) is 7.49. The minimum absolute atomic E-state index is 0.400. The minimum atomic E-state index is -0.942. The van der Waals surface area contributed by atoms with Crippen LogP contribution in [0.5, 0.6) is 5.75 Å². The van der Waals surface area contributed by atoms with Crippen LogP contribution in [0.2, 0.25) is 0 Å². The molecule has 1 aromatic carbocycles. The fourth-order valence-electron chi connectivity index (χ4n) is 2.12. The molecule has 0 spiro atoms. The Hall–Kier alpha value is -1.37. The number of hydrogen-bond acceptors (Lipinski definition) is 5. The van der Waals surface area contributed by atoms with Gasteiger partial charge in [0.05, 0.1) is 11.2 Å². The molecule has 1 unspecified atom stereocenters. The Bertz CT molecular complexity index is 539. The summed E-state index contributed by atoms with van der Waals surface area (Å²) in [6.07, 6.45) is 0.232. The van der Waals surface area contributed by atoms with Crippen molar-refractivity contribution in [3.8, 4) is 5.75 Å². The molecule has 1 aliphatic heterocycles. The van der Waals surface area contributed by atoms with Crippen molar-refractivity contribution in [1.29, 1.82) is 0 Å². The van der Waals surface area contributed by atoms with E-state index in [0.29, 0.717) is 23.2 Å². The van der Waals surface area contributed by atoms with Gasteiger partial charge < -0.3 is 19.2 Å². The molecular weight excluding hydrogens is 283 g/mol. The second-order valence-corrected chi connectivity index (χ2v) is 6.48. The molecule has 5 nitrogen and oxygen atoms in total. The number of ether oxygens (including phenoxy) is 1. The third-order valence-corrected chi connectivity index (χ3v) is 4.29. The lowest BCUT2D eigenvalue weighted by Gasteiger charge is -2.32. The molecule has 0 saturated carbocycles. The Labute approximate surface area is 131 Å². The number of benzene rings is 1. The molecule has 1 fully saturated rings. The fraction of sp³-hybridized carbons (Fsp3) is 0.562. The molecule has 1 aromatic rings. The van der Waals surface area contributed by atoms with Crippen molar-refractivity contribution in [3.63, 3.8) is 0 Å². The maximum Gasteiger partial charge on any atom is 0.498 e. The summed E-state index contributed by atoms with van der Waals surface area (Å²) in [7, 11) is -0.607. The molecule has 22 heavy (non-hydrogen) atoms. The lowest BCUT2D eigenvalue weighted by atomic mass is 9.78. The highest BCUT2D eigenvalue weighted by atomic mass is 16.7. The third-order valence-electron chi connectivity index (χ3n) is 4.29. The highest BCUT2D eigenvalue weighted by Crippen LogP contribution is 2.37. The first-order chi connectivity index (χ1) is 10.2. The normalized spacial score (nSPS) is 20.7. The van der Waals surface area contributed by atoms with Gasteiger partial charge in [0.15, 0.2) is 6.29 Å². The summed E-state index contributed by atoms with van der Waals surface area (Å²) in [5.41, 5.74) is 0.193. The van der Waals surface area contributed by atoms with Gasteiger partial charge in [-0.3, -0.25) is 4.79 Å². The summed E-state index contributed by atoms with van der Waals surface area (Å²) in [5, 5.41) is 9.76. The number of carbonyl (C=O) groups excluding carboxylic acids is 1. The van der Waals surface area contributed by atoms with Crippen LogP contribution in [0.1, 0.15) is 51.4 Å². The summed E-state index contributed by atoms with van der Waals surface area (Å²) in [6.45, 7) is 9.67. The zero-order chi connectivity index (χ0) is 16.5. The van der Waals surface area contributed by atoms with Crippen molar-refractivity contribution in [1.82, 2.24) is 0 Å². The maximum absolute atomic E-state index is 11.0. The number of rotatable bonds is 5. The molecule has 1 atom stereocenters. The third kappa shape index (κ3) is 3.19. The molecule has 0 amide bonds. The molecule has 0 radical (unpaired) electrons. The van der Waals surface area contributed by atoms with Crippen LogP contribution in [-0.4, -0.2) is 36.0 Å². The second kappa shape index (κ2) is 6.03. The molecule has 1 aliphatic rings. The van der Waals surface area contributed by atoms with Gasteiger partial charge in [-0.15, -0.1) is 0 Å². The molecule has 1 saturated heterocycles. The summed E-state index contributed by atoms with van der Waals surface area (Å²) in [6, 6.07) is 5.01. The summed E-state index contributed by atoms with van der Waals surface area (Å²) < 4.78 is 17.5. The van der Waals surface area contributed by atoms with Gasteiger partial charge in [0.1, 0.15) is 12.0 Å². The zero-order valence-corrected chi connectivity index (χ0v) is 13.8. The lowest BCUT2D eigenvalue weighted by Crippen LogP contribution is -2.41. The number of hydrogen-bond donors (Lipinski definition) is 1. The molecule has 6 heteroatoms. The van der Waals surface area contributed by atoms with Crippen LogP contribution in [0.25, 0.3) is 0 Å². The van der Waals surface area contributed by atoms with Crippen molar-refractivity contribution in [2.24, 2.45) is 0 Å². The molecule has 0 aliphatic carbocycles. The van der Waals surface area contributed by atoms with Crippen molar-refractivity contribution in [2.75, 3.05) is 0 Å². The fourth-order valence-corrected chi connectivity index (χ4v) is 2.12. The minimum Gasteiger partial charge on any atom is -0.466 e. The topological polar surface area (TPSA) is 65.0 Å². The average molecular weight is 306 g/mol. The van der Waals surface area contributed by atoms with E-state index in [9.17, 15) is 9.90 Å². The summed E-state index contributed by atoms with van der Waals surface area (Å²) in [4.78, 5) is 11.0. The van der Waals surface area contributed by atoms with Crippen LogP contribution >= 0.6 is 0 Å². The summed E-state index contributed by atoms with van der Waals surface area (Å²) in [5.74, 6) is 0.400. The van der Waals surface area contributed by atoms with Gasteiger partial charge in [-0.2, -0.15) is 0 Å². The Kier molecular flexibility index (Phi) is 4.66. The first kappa shape index (κ1) is 17.0. The van der Waals surface area contributed by atoms with Gasteiger partial charge in [0.25, 0.3) is 0 Å². The zero-order valence-electron chi connectivity index (χ0n) is 13.8. The smallest absolute Gasteiger partial charge is 0.466 e. The molecule has 0 bridgehead atoms. The first-order valence-corrected chi connectivity index (χ1v) is 7.49. The van der Waals surface area contributed by atoms with E-state index in [1.54, 1.807) is 18.2 Å². The van der Waals surface area contributed by atoms with E-state index in [1.807, 2.05) is 34.6 Å². The second-order valence-electron chi connectivity index (χ2n) is 6.48. The molecule has 1 N–H and O–H groups in total. The van der Waals surface area contributed by atoms with E-state index in [-0.39, 0.29) is 0 Å². The molecular formula is C16H23BO5. The van der Waals surface area contributed by atoms with Crippen LogP contribution in [0.4, 0.5) is 0 Å². The van der Waals surface area contributed by atoms with Crippen LogP contribution in [0.3, 0.4) is 0 Å². The number of aldehydes is 1. The SMILES string of the molecule is CCC(O)Oc1cc(C=O)ccc1B1OC(C)(C)C(C)(C)O1. The van der Waals surface area contributed by atoms with Crippen molar-refractivity contribution >= 4 is 18.9 Å². The van der Waals surface area contributed by atoms with Crippen molar-refractivity contribution in [2.45, 2.75) is 58.5 Å². The molecule has 120 valence electrons. The maximum atomic E-state index is 11.0. The molecule has 0 aromatic heterocycles. The van der Waals surface area contributed by atoms with E-state index in [4.69, 9.17) is 14.0 Å². The highest BCUT2D eigenvalue weighted by molar-refractivity contribution is 6.63. The Balaban J connectivity index is 2.36.